The highest BCUT2D eigenvalue weighted by Gasteiger charge is 2.06. The Kier molecular flexibility index (Phi) is 9.86. The Bertz CT molecular complexity index is 351. The van der Waals surface area contributed by atoms with Gasteiger partial charge in [0.15, 0.2) is 0 Å². The fourth-order valence-corrected chi connectivity index (χ4v) is 3.51. The second kappa shape index (κ2) is 11.2. The predicted molar refractivity (Wildman–Crippen MR) is 92.5 cm³/mol. The molecule has 1 atom stereocenters. The number of benzene rings is 1. The summed E-state index contributed by atoms with van der Waals surface area (Å²) in [5, 5.41) is 3.47. The number of hydrogen-bond acceptors (Lipinski definition) is 2. The van der Waals surface area contributed by atoms with Gasteiger partial charge >= 0.3 is 0 Å². The first kappa shape index (κ1) is 17.6. The number of thioether (sulfide) groups is 1. The van der Waals surface area contributed by atoms with Crippen molar-refractivity contribution in [2.45, 2.75) is 64.3 Å². The Balaban J connectivity index is 2.40. The molecule has 1 aromatic rings. The molecule has 0 aromatic heterocycles. The lowest BCUT2D eigenvalue weighted by molar-refractivity contribution is 0.499. The Morgan fingerprint density at radius 2 is 2.00 bits per heavy atom. The van der Waals surface area contributed by atoms with Crippen LogP contribution < -0.4 is 5.32 Å². The highest BCUT2D eigenvalue weighted by molar-refractivity contribution is 7.99. The highest BCUT2D eigenvalue weighted by atomic mass is 32.2. The average molecular weight is 294 g/mol. The van der Waals surface area contributed by atoms with Crippen LogP contribution in [0.5, 0.6) is 0 Å². The molecule has 1 rings (SSSR count). The Hall–Kier alpha value is -0.470. The molecule has 0 aliphatic carbocycles. The lowest BCUT2D eigenvalue weighted by Gasteiger charge is -2.14. The normalized spacial score (nSPS) is 12.6. The van der Waals surface area contributed by atoms with E-state index in [4.69, 9.17) is 0 Å². The maximum Gasteiger partial charge on any atom is 0.0205 e. The van der Waals surface area contributed by atoms with Gasteiger partial charge in [-0.15, -0.1) is 11.8 Å². The summed E-state index contributed by atoms with van der Waals surface area (Å²) in [6.07, 6.45) is 6.59. The molecule has 1 N–H and O–H groups in total. The topological polar surface area (TPSA) is 12.0 Å². The summed E-state index contributed by atoms with van der Waals surface area (Å²) in [5.74, 6) is 2.14. The van der Waals surface area contributed by atoms with Gasteiger partial charge in [-0.3, -0.25) is 0 Å². The quantitative estimate of drug-likeness (QED) is 0.427. The van der Waals surface area contributed by atoms with Crippen molar-refractivity contribution in [1.82, 2.24) is 5.32 Å². The van der Waals surface area contributed by atoms with Crippen molar-refractivity contribution in [2.75, 3.05) is 12.3 Å². The molecular weight excluding hydrogens is 262 g/mol. The number of hydrogen-bond donors (Lipinski definition) is 1. The minimum atomic E-state index is 0.877. The van der Waals surface area contributed by atoms with Crippen molar-refractivity contribution in [3.8, 4) is 0 Å². The van der Waals surface area contributed by atoms with Crippen LogP contribution in [0.3, 0.4) is 0 Å². The minimum absolute atomic E-state index is 0.877. The van der Waals surface area contributed by atoms with Gasteiger partial charge in [-0.1, -0.05) is 52.2 Å². The van der Waals surface area contributed by atoms with Gasteiger partial charge in [0.25, 0.3) is 0 Å². The third-order valence-corrected chi connectivity index (χ3v) is 4.91. The smallest absolute Gasteiger partial charge is 0.0205 e. The van der Waals surface area contributed by atoms with E-state index < -0.39 is 0 Å². The van der Waals surface area contributed by atoms with E-state index in [2.05, 4.69) is 50.4 Å². The minimum Gasteiger partial charge on any atom is -0.313 e. The number of nitrogens with one attached hydrogen (secondary N) is 1. The van der Waals surface area contributed by atoms with E-state index in [1.165, 1.54) is 48.3 Å². The molecule has 1 nitrogen and oxygen atoms in total. The van der Waals surface area contributed by atoms with E-state index >= 15 is 0 Å². The van der Waals surface area contributed by atoms with Gasteiger partial charge in [-0.05, 0) is 43.0 Å². The molecule has 0 spiro atoms. The summed E-state index contributed by atoms with van der Waals surface area (Å²) in [6.45, 7) is 8.92. The van der Waals surface area contributed by atoms with Crippen LogP contribution in [0.25, 0.3) is 0 Å². The summed E-state index contributed by atoms with van der Waals surface area (Å²) in [5.41, 5.74) is 1.41. The van der Waals surface area contributed by atoms with Gasteiger partial charge in [0, 0.05) is 17.2 Å². The third-order valence-electron chi connectivity index (χ3n) is 3.68. The average Bonchev–Trinajstić information content (AvgIpc) is 2.48. The molecular formula is C18H31NS. The van der Waals surface area contributed by atoms with Crippen molar-refractivity contribution in [3.63, 3.8) is 0 Å². The molecule has 0 saturated carbocycles. The van der Waals surface area contributed by atoms with Crippen molar-refractivity contribution < 1.29 is 0 Å². The molecule has 0 aliphatic rings. The molecule has 0 amide bonds. The fourth-order valence-electron chi connectivity index (χ4n) is 2.27. The Labute approximate surface area is 129 Å². The standard InChI is InChI=1S/C18H31NS/c1-4-7-9-16(6-3)15-20-18-11-8-10-17(13-18)14-19-12-5-2/h8,10-11,13,16,19H,4-7,9,12,14-15H2,1-3H3. The van der Waals surface area contributed by atoms with Crippen LogP contribution in [-0.4, -0.2) is 12.3 Å². The summed E-state index contributed by atoms with van der Waals surface area (Å²) in [4.78, 5) is 1.43. The van der Waals surface area contributed by atoms with Crippen LogP contribution in [0.15, 0.2) is 29.2 Å². The zero-order valence-corrected chi connectivity index (χ0v) is 14.3. The van der Waals surface area contributed by atoms with Crippen molar-refractivity contribution in [3.05, 3.63) is 29.8 Å². The Morgan fingerprint density at radius 3 is 2.70 bits per heavy atom. The molecule has 1 aromatic carbocycles. The van der Waals surface area contributed by atoms with Gasteiger partial charge < -0.3 is 5.32 Å². The lowest BCUT2D eigenvalue weighted by Crippen LogP contribution is -2.13. The number of rotatable bonds is 11. The van der Waals surface area contributed by atoms with Crippen LogP contribution in [0.2, 0.25) is 0 Å². The lowest BCUT2D eigenvalue weighted by atomic mass is 10.0. The van der Waals surface area contributed by atoms with E-state index in [0.717, 1.165) is 19.0 Å². The first-order valence-corrected chi connectivity index (χ1v) is 9.21. The third kappa shape index (κ3) is 7.35. The summed E-state index contributed by atoms with van der Waals surface area (Å²) >= 11 is 2.03. The summed E-state index contributed by atoms with van der Waals surface area (Å²) < 4.78 is 0. The van der Waals surface area contributed by atoms with E-state index in [9.17, 15) is 0 Å². The second-order valence-electron chi connectivity index (χ2n) is 5.55. The maximum atomic E-state index is 3.47. The molecule has 0 radical (unpaired) electrons. The molecule has 0 saturated heterocycles. The van der Waals surface area contributed by atoms with E-state index in [0.29, 0.717) is 0 Å². The second-order valence-corrected chi connectivity index (χ2v) is 6.65. The molecule has 1 unspecified atom stereocenters. The van der Waals surface area contributed by atoms with Gasteiger partial charge in [0.05, 0.1) is 0 Å². The zero-order chi connectivity index (χ0) is 14.6. The molecule has 20 heavy (non-hydrogen) atoms. The van der Waals surface area contributed by atoms with Crippen molar-refractivity contribution >= 4 is 11.8 Å². The summed E-state index contributed by atoms with van der Waals surface area (Å²) in [6, 6.07) is 9.01. The predicted octanol–water partition coefficient (Wildman–Crippen LogP) is 5.49. The summed E-state index contributed by atoms with van der Waals surface area (Å²) in [7, 11) is 0. The monoisotopic (exact) mass is 293 g/mol. The van der Waals surface area contributed by atoms with Crippen LogP contribution in [0.4, 0.5) is 0 Å². The fraction of sp³-hybridized carbons (Fsp3) is 0.667. The Morgan fingerprint density at radius 1 is 1.15 bits per heavy atom. The molecule has 0 aliphatic heterocycles. The van der Waals surface area contributed by atoms with Crippen LogP contribution in [0.1, 0.15) is 58.4 Å². The highest BCUT2D eigenvalue weighted by Crippen LogP contribution is 2.25. The zero-order valence-electron chi connectivity index (χ0n) is 13.5. The first-order valence-electron chi connectivity index (χ1n) is 8.22. The maximum absolute atomic E-state index is 3.47. The first-order chi connectivity index (χ1) is 9.80. The van der Waals surface area contributed by atoms with E-state index in [1.54, 1.807) is 0 Å². The van der Waals surface area contributed by atoms with Crippen molar-refractivity contribution in [2.24, 2.45) is 5.92 Å². The van der Waals surface area contributed by atoms with Crippen LogP contribution in [0, 0.1) is 5.92 Å². The molecule has 0 fully saturated rings. The van der Waals surface area contributed by atoms with Gasteiger partial charge in [-0.25, -0.2) is 0 Å². The van der Waals surface area contributed by atoms with Gasteiger partial charge in [0.1, 0.15) is 0 Å². The van der Waals surface area contributed by atoms with Gasteiger partial charge in [-0.2, -0.15) is 0 Å². The van der Waals surface area contributed by atoms with Crippen LogP contribution >= 0.6 is 11.8 Å². The van der Waals surface area contributed by atoms with E-state index in [1.807, 2.05) is 11.8 Å². The molecule has 2 heteroatoms. The van der Waals surface area contributed by atoms with E-state index in [-0.39, 0.29) is 0 Å². The van der Waals surface area contributed by atoms with Crippen molar-refractivity contribution in [1.29, 1.82) is 0 Å². The van der Waals surface area contributed by atoms with Crippen LogP contribution in [-0.2, 0) is 6.54 Å². The molecule has 0 bridgehead atoms. The largest absolute Gasteiger partial charge is 0.313 e. The molecule has 0 heterocycles. The van der Waals surface area contributed by atoms with Gasteiger partial charge in [0.2, 0.25) is 0 Å². The number of unbranched alkanes of at least 4 members (excludes halogenated alkanes) is 1. The molecule has 114 valence electrons. The SMILES string of the molecule is CCCCC(CC)CSc1cccc(CNCCC)c1.